The first-order chi connectivity index (χ1) is 4.79. The van der Waals surface area contributed by atoms with Crippen molar-refractivity contribution in [2.45, 2.75) is 18.0 Å². The minimum atomic E-state index is 0.272. The topological polar surface area (TPSA) is 41.8 Å². The smallest absolute Gasteiger partial charge is 0.0722 e. The molecule has 0 spiro atoms. The molecule has 0 aliphatic heterocycles. The number of H-pyrrole nitrogens is 1. The van der Waals surface area contributed by atoms with Crippen molar-refractivity contribution in [3.63, 3.8) is 0 Å². The molecule has 10 heavy (non-hydrogen) atoms. The second-order valence-corrected chi connectivity index (χ2v) is 3.38. The molecule has 0 fully saturated rings. The van der Waals surface area contributed by atoms with Gasteiger partial charge in [-0.1, -0.05) is 0 Å². The van der Waals surface area contributed by atoms with Crippen LogP contribution in [0.4, 0.5) is 0 Å². The number of rotatable bonds is 3. The van der Waals surface area contributed by atoms with Crippen LogP contribution in [0.1, 0.15) is 6.92 Å². The monoisotopic (exact) mass is 156 g/mol. The van der Waals surface area contributed by atoms with Crippen LogP contribution in [-0.4, -0.2) is 16.8 Å². The summed E-state index contributed by atoms with van der Waals surface area (Å²) in [4.78, 5) is 3.10. The van der Waals surface area contributed by atoms with Crippen LogP contribution >= 0.6 is 11.8 Å². The van der Waals surface area contributed by atoms with E-state index >= 15 is 0 Å². The van der Waals surface area contributed by atoms with Gasteiger partial charge in [-0.15, -0.1) is 11.8 Å². The zero-order chi connectivity index (χ0) is 7.40. The van der Waals surface area contributed by atoms with Crippen molar-refractivity contribution in [3.05, 3.63) is 18.3 Å². The molecule has 0 bridgehead atoms. The number of hydrogen-bond donors (Lipinski definition) is 2. The molecule has 0 saturated heterocycles. The minimum absolute atomic E-state index is 0.272. The first-order valence-corrected chi connectivity index (χ1v) is 4.29. The maximum Gasteiger partial charge on any atom is 0.0722 e. The van der Waals surface area contributed by atoms with Gasteiger partial charge in [-0.25, -0.2) is 0 Å². The number of hydrogen-bond acceptors (Lipinski definition) is 2. The van der Waals surface area contributed by atoms with Crippen molar-refractivity contribution in [2.24, 2.45) is 5.73 Å². The molecule has 1 aromatic rings. The predicted octanol–water partition coefficient (Wildman–Crippen LogP) is 1.45. The van der Waals surface area contributed by atoms with Crippen LogP contribution in [0.2, 0.25) is 0 Å². The molecule has 1 aromatic heterocycles. The lowest BCUT2D eigenvalue weighted by atomic mass is 10.4. The molecule has 0 aromatic carbocycles. The summed E-state index contributed by atoms with van der Waals surface area (Å²) < 4.78 is 0. The Labute approximate surface area is 65.2 Å². The van der Waals surface area contributed by atoms with E-state index in [0.29, 0.717) is 0 Å². The summed E-state index contributed by atoms with van der Waals surface area (Å²) in [6.07, 6.45) is 1.92. The van der Waals surface area contributed by atoms with E-state index in [2.05, 4.69) is 4.98 Å². The van der Waals surface area contributed by atoms with Crippen molar-refractivity contribution >= 4 is 11.8 Å². The zero-order valence-corrected chi connectivity index (χ0v) is 6.82. The Morgan fingerprint density at radius 2 is 2.60 bits per heavy atom. The molecular weight excluding hydrogens is 144 g/mol. The third kappa shape index (κ3) is 2.45. The second-order valence-electron chi connectivity index (χ2n) is 2.32. The van der Waals surface area contributed by atoms with Gasteiger partial charge in [0.05, 0.1) is 5.03 Å². The van der Waals surface area contributed by atoms with Gasteiger partial charge in [0.1, 0.15) is 0 Å². The second kappa shape index (κ2) is 3.68. The summed E-state index contributed by atoms with van der Waals surface area (Å²) in [6, 6.07) is 4.31. The minimum Gasteiger partial charge on any atom is -0.356 e. The van der Waals surface area contributed by atoms with Gasteiger partial charge in [0, 0.05) is 18.0 Å². The lowest BCUT2D eigenvalue weighted by Gasteiger charge is -2.01. The fourth-order valence-electron chi connectivity index (χ4n) is 0.625. The van der Waals surface area contributed by atoms with Crippen LogP contribution in [0.5, 0.6) is 0 Å². The molecule has 0 saturated carbocycles. The Hall–Kier alpha value is -0.410. The van der Waals surface area contributed by atoms with Crippen molar-refractivity contribution in [1.82, 2.24) is 4.98 Å². The Bertz CT molecular complexity index is 170. The van der Waals surface area contributed by atoms with E-state index in [9.17, 15) is 0 Å². The maximum absolute atomic E-state index is 5.57. The molecule has 0 radical (unpaired) electrons. The van der Waals surface area contributed by atoms with Crippen LogP contribution < -0.4 is 5.73 Å². The van der Waals surface area contributed by atoms with Crippen LogP contribution in [0.3, 0.4) is 0 Å². The normalized spacial score (nSPS) is 13.4. The largest absolute Gasteiger partial charge is 0.356 e. The highest BCUT2D eigenvalue weighted by molar-refractivity contribution is 7.99. The Kier molecular flexibility index (Phi) is 2.83. The number of nitrogens with two attached hydrogens (primary N) is 1. The molecule has 1 rings (SSSR count). The zero-order valence-electron chi connectivity index (χ0n) is 6.00. The summed E-state index contributed by atoms with van der Waals surface area (Å²) in [5.41, 5.74) is 5.57. The molecule has 3 heteroatoms. The van der Waals surface area contributed by atoms with Crippen LogP contribution in [0.15, 0.2) is 23.4 Å². The molecule has 0 amide bonds. The number of aromatic nitrogens is 1. The fourth-order valence-corrected chi connectivity index (χ4v) is 1.39. The molecule has 3 N–H and O–H groups in total. The molecule has 2 nitrogen and oxygen atoms in total. The first kappa shape index (κ1) is 7.69. The van der Waals surface area contributed by atoms with Crippen LogP contribution in [-0.2, 0) is 0 Å². The fraction of sp³-hybridized carbons (Fsp3) is 0.429. The average Bonchev–Trinajstić information content (AvgIpc) is 2.34. The molecule has 1 heterocycles. The van der Waals surface area contributed by atoms with Gasteiger partial charge in [0.15, 0.2) is 0 Å². The Morgan fingerprint density at radius 1 is 1.80 bits per heavy atom. The SMILES string of the molecule is C[C@@H](N)CSc1ccc[nH]1. The van der Waals surface area contributed by atoms with Gasteiger partial charge in [-0.3, -0.25) is 0 Å². The third-order valence-electron chi connectivity index (χ3n) is 1.07. The summed E-state index contributed by atoms with van der Waals surface area (Å²) in [5, 5.41) is 1.19. The Morgan fingerprint density at radius 3 is 3.10 bits per heavy atom. The summed E-state index contributed by atoms with van der Waals surface area (Å²) in [6.45, 7) is 2.01. The summed E-state index contributed by atoms with van der Waals surface area (Å²) in [5.74, 6) is 0.973. The lowest BCUT2D eigenvalue weighted by Crippen LogP contribution is -2.17. The first-order valence-electron chi connectivity index (χ1n) is 3.31. The quantitative estimate of drug-likeness (QED) is 0.650. The van der Waals surface area contributed by atoms with E-state index in [1.807, 2.05) is 25.3 Å². The number of nitrogens with one attached hydrogen (secondary N) is 1. The highest BCUT2D eigenvalue weighted by Crippen LogP contribution is 2.14. The molecule has 0 aliphatic rings. The number of aromatic amines is 1. The van der Waals surface area contributed by atoms with E-state index in [1.54, 1.807) is 11.8 Å². The van der Waals surface area contributed by atoms with Crippen molar-refractivity contribution in [2.75, 3.05) is 5.75 Å². The van der Waals surface area contributed by atoms with Crippen molar-refractivity contribution in [1.29, 1.82) is 0 Å². The van der Waals surface area contributed by atoms with Crippen LogP contribution in [0.25, 0.3) is 0 Å². The molecule has 0 aliphatic carbocycles. The number of thioether (sulfide) groups is 1. The highest BCUT2D eigenvalue weighted by atomic mass is 32.2. The van der Waals surface area contributed by atoms with Crippen LogP contribution in [0, 0.1) is 0 Å². The van der Waals surface area contributed by atoms with Gasteiger partial charge in [-0.2, -0.15) is 0 Å². The third-order valence-corrected chi connectivity index (χ3v) is 2.33. The van der Waals surface area contributed by atoms with Gasteiger partial charge < -0.3 is 10.7 Å². The Balaban J connectivity index is 2.28. The highest BCUT2D eigenvalue weighted by Gasteiger charge is 1.95. The van der Waals surface area contributed by atoms with E-state index in [1.165, 1.54) is 5.03 Å². The summed E-state index contributed by atoms with van der Waals surface area (Å²) >= 11 is 1.75. The standard InChI is InChI=1S/C7H12N2S/c1-6(8)5-10-7-3-2-4-9-7/h2-4,6,9H,5,8H2,1H3/t6-/m1/s1. The van der Waals surface area contributed by atoms with Gasteiger partial charge in [-0.05, 0) is 19.1 Å². The van der Waals surface area contributed by atoms with Gasteiger partial charge >= 0.3 is 0 Å². The van der Waals surface area contributed by atoms with Crippen molar-refractivity contribution in [3.8, 4) is 0 Å². The molecule has 0 unspecified atom stereocenters. The van der Waals surface area contributed by atoms with Gasteiger partial charge in [0.25, 0.3) is 0 Å². The molecule has 56 valence electrons. The molecular formula is C7H12N2S. The van der Waals surface area contributed by atoms with Crippen molar-refractivity contribution < 1.29 is 0 Å². The van der Waals surface area contributed by atoms with E-state index in [0.717, 1.165) is 5.75 Å². The van der Waals surface area contributed by atoms with Gasteiger partial charge in [0.2, 0.25) is 0 Å². The maximum atomic E-state index is 5.57. The lowest BCUT2D eigenvalue weighted by molar-refractivity contribution is 0.846. The van der Waals surface area contributed by atoms with E-state index in [-0.39, 0.29) is 6.04 Å². The average molecular weight is 156 g/mol. The van der Waals surface area contributed by atoms with E-state index < -0.39 is 0 Å². The molecule has 1 atom stereocenters. The summed E-state index contributed by atoms with van der Waals surface area (Å²) in [7, 11) is 0. The van der Waals surface area contributed by atoms with E-state index in [4.69, 9.17) is 5.73 Å². The predicted molar refractivity (Wildman–Crippen MR) is 45.2 cm³/mol.